The van der Waals surface area contributed by atoms with Crippen molar-refractivity contribution in [3.63, 3.8) is 0 Å². The van der Waals surface area contributed by atoms with Gasteiger partial charge in [-0.05, 0) is 5.56 Å². The van der Waals surface area contributed by atoms with Crippen molar-refractivity contribution in [1.29, 1.82) is 0 Å². The molecule has 0 saturated heterocycles. The van der Waals surface area contributed by atoms with Crippen LogP contribution in [0.25, 0.3) is 0 Å². The van der Waals surface area contributed by atoms with Crippen LogP contribution in [0.5, 0.6) is 0 Å². The lowest BCUT2D eigenvalue weighted by Gasteiger charge is -2.27. The molecule has 1 amide bonds. The molecule has 13 nitrogen and oxygen atoms in total. The van der Waals surface area contributed by atoms with E-state index in [0.29, 0.717) is 5.56 Å². The summed E-state index contributed by atoms with van der Waals surface area (Å²) in [5.41, 5.74) is 3.45. The number of esters is 2. The van der Waals surface area contributed by atoms with Gasteiger partial charge in [0.25, 0.3) is 0 Å². The predicted molar refractivity (Wildman–Crippen MR) is 108 cm³/mol. The van der Waals surface area contributed by atoms with E-state index in [0.717, 1.165) is 7.11 Å². The first-order chi connectivity index (χ1) is 15.4. The summed E-state index contributed by atoms with van der Waals surface area (Å²) >= 11 is 0. The van der Waals surface area contributed by atoms with E-state index >= 15 is 0 Å². The van der Waals surface area contributed by atoms with Crippen LogP contribution < -0.4 is 11.1 Å². The van der Waals surface area contributed by atoms with Gasteiger partial charge in [-0.25, -0.2) is 9.59 Å². The van der Waals surface area contributed by atoms with Crippen LogP contribution in [0.4, 0.5) is 0 Å². The number of carbonyl (C=O) groups excluding carboxylic acids is 3. The maximum atomic E-state index is 12.4. The van der Waals surface area contributed by atoms with Gasteiger partial charge >= 0.3 is 29.8 Å². The number of nitrogens with two attached hydrogens (primary N) is 1. The number of carboxylic acids is 3. The molecule has 0 aliphatic heterocycles. The number of aliphatic carboxylic acids is 3. The molecule has 0 radical (unpaired) electrons. The fourth-order valence-electron chi connectivity index (χ4n) is 2.81. The zero-order valence-electron chi connectivity index (χ0n) is 17.6. The van der Waals surface area contributed by atoms with Gasteiger partial charge in [-0.15, -0.1) is 0 Å². The molecule has 2 unspecified atom stereocenters. The third-order valence-electron chi connectivity index (χ3n) is 4.38. The molecular weight excluding hydrogens is 444 g/mol. The molecule has 1 aromatic rings. The van der Waals surface area contributed by atoms with Crippen LogP contribution in [-0.2, 0) is 44.7 Å². The van der Waals surface area contributed by atoms with Crippen LogP contribution in [0.1, 0.15) is 24.8 Å². The van der Waals surface area contributed by atoms with Gasteiger partial charge < -0.3 is 35.8 Å². The van der Waals surface area contributed by atoms with Crippen LogP contribution in [0.3, 0.4) is 0 Å². The number of methoxy groups -OCH3 is 1. The first-order valence-corrected chi connectivity index (χ1v) is 9.46. The van der Waals surface area contributed by atoms with E-state index < -0.39 is 72.7 Å². The number of carboxylic acid groups (broad SMARTS) is 3. The van der Waals surface area contributed by atoms with Crippen molar-refractivity contribution in [3.05, 3.63) is 35.9 Å². The highest BCUT2D eigenvalue weighted by molar-refractivity contribution is 5.93. The number of rotatable bonds is 13. The Morgan fingerprint density at radius 3 is 2.00 bits per heavy atom. The van der Waals surface area contributed by atoms with Gasteiger partial charge in [-0.2, -0.15) is 0 Å². The van der Waals surface area contributed by atoms with Crippen LogP contribution in [0.15, 0.2) is 30.3 Å². The van der Waals surface area contributed by atoms with Crippen molar-refractivity contribution < 1.29 is 53.6 Å². The lowest BCUT2D eigenvalue weighted by Crippen LogP contribution is -2.51. The van der Waals surface area contributed by atoms with Crippen molar-refractivity contribution >= 4 is 35.8 Å². The number of carbonyl (C=O) groups is 6. The molecule has 180 valence electrons. The fourth-order valence-corrected chi connectivity index (χ4v) is 2.81. The van der Waals surface area contributed by atoms with E-state index in [1.807, 2.05) is 0 Å². The minimum Gasteiger partial charge on any atom is -0.481 e. The molecule has 33 heavy (non-hydrogen) atoms. The van der Waals surface area contributed by atoms with Crippen LogP contribution in [0.2, 0.25) is 0 Å². The Bertz CT molecular complexity index is 885. The summed E-state index contributed by atoms with van der Waals surface area (Å²) < 4.78 is 9.31. The molecule has 0 heterocycles. The third-order valence-corrected chi connectivity index (χ3v) is 4.38. The number of nitrogens with one attached hydrogen (secondary N) is 1. The van der Waals surface area contributed by atoms with Crippen molar-refractivity contribution in [2.45, 2.75) is 43.4 Å². The van der Waals surface area contributed by atoms with Gasteiger partial charge in [-0.1, -0.05) is 30.3 Å². The summed E-state index contributed by atoms with van der Waals surface area (Å²) in [4.78, 5) is 70.1. The van der Waals surface area contributed by atoms with Crippen LogP contribution in [-0.4, -0.2) is 75.9 Å². The maximum Gasteiger partial charge on any atom is 0.349 e. The van der Waals surface area contributed by atoms with Gasteiger partial charge in [0.05, 0.1) is 32.4 Å². The lowest BCUT2D eigenvalue weighted by atomic mass is 9.95. The van der Waals surface area contributed by atoms with Gasteiger partial charge in [0.1, 0.15) is 6.04 Å². The van der Waals surface area contributed by atoms with E-state index in [9.17, 15) is 33.9 Å². The van der Waals surface area contributed by atoms with Crippen LogP contribution >= 0.6 is 0 Å². The summed E-state index contributed by atoms with van der Waals surface area (Å²) in [5.74, 6) is -8.62. The summed E-state index contributed by atoms with van der Waals surface area (Å²) in [5, 5.41) is 29.4. The average molecular weight is 468 g/mol. The molecule has 13 heteroatoms. The first kappa shape index (κ1) is 27.0. The number of ether oxygens (including phenoxy) is 2. The number of hydrogen-bond donors (Lipinski definition) is 5. The first-order valence-electron chi connectivity index (χ1n) is 9.46. The molecule has 0 aliphatic rings. The fraction of sp³-hybridized carbons (Fsp3) is 0.400. The quantitative estimate of drug-likeness (QED) is 0.218. The molecule has 2 atom stereocenters. The monoisotopic (exact) mass is 468 g/mol. The van der Waals surface area contributed by atoms with E-state index in [4.69, 9.17) is 15.9 Å². The van der Waals surface area contributed by atoms with Gasteiger partial charge in [0, 0.05) is 6.42 Å². The second kappa shape index (κ2) is 12.1. The molecule has 6 N–H and O–H groups in total. The zero-order valence-corrected chi connectivity index (χ0v) is 17.6. The molecule has 0 aliphatic carbocycles. The Morgan fingerprint density at radius 2 is 1.55 bits per heavy atom. The summed E-state index contributed by atoms with van der Waals surface area (Å²) in [7, 11) is 1.11. The summed E-state index contributed by atoms with van der Waals surface area (Å²) in [6.45, 7) is 0. The Labute approximate surface area is 187 Å². The van der Waals surface area contributed by atoms with Crippen LogP contribution in [0, 0.1) is 0 Å². The second-order valence-corrected chi connectivity index (χ2v) is 7.00. The second-order valence-electron chi connectivity index (χ2n) is 7.00. The molecule has 0 aromatic heterocycles. The third kappa shape index (κ3) is 8.57. The molecule has 0 fully saturated rings. The van der Waals surface area contributed by atoms with Crippen molar-refractivity contribution in [2.75, 3.05) is 7.11 Å². The summed E-state index contributed by atoms with van der Waals surface area (Å²) in [6.07, 6.45) is -3.53. The van der Waals surface area contributed by atoms with E-state index in [1.54, 1.807) is 30.3 Å². The average Bonchev–Trinajstić information content (AvgIpc) is 2.71. The Kier molecular flexibility index (Phi) is 9.95. The minimum atomic E-state index is -2.90. The largest absolute Gasteiger partial charge is 0.481 e. The Hall–Kier alpha value is -4.00. The number of amides is 1. The van der Waals surface area contributed by atoms with E-state index in [1.165, 1.54) is 0 Å². The molecule has 0 bridgehead atoms. The van der Waals surface area contributed by atoms with Crippen molar-refractivity contribution in [1.82, 2.24) is 5.32 Å². The number of hydrogen-bond acceptors (Lipinski definition) is 9. The lowest BCUT2D eigenvalue weighted by molar-refractivity contribution is -0.186. The maximum absolute atomic E-state index is 12.4. The SMILES string of the molecule is COC(=O)C(Cc1ccccc1)NC(=O)C(N)CC(=O)OC(CC(=O)O)(CC(=O)O)C(=O)O. The van der Waals surface area contributed by atoms with Gasteiger partial charge in [0.2, 0.25) is 11.5 Å². The Morgan fingerprint density at radius 1 is 1.00 bits per heavy atom. The molecule has 1 rings (SSSR count). The van der Waals surface area contributed by atoms with E-state index in [-0.39, 0.29) is 6.42 Å². The topological polar surface area (TPSA) is 220 Å². The van der Waals surface area contributed by atoms with E-state index in [2.05, 4.69) is 14.8 Å². The molecular formula is C20H24N2O11. The highest BCUT2D eigenvalue weighted by Crippen LogP contribution is 2.23. The summed E-state index contributed by atoms with van der Waals surface area (Å²) in [6, 6.07) is 5.83. The highest BCUT2D eigenvalue weighted by Gasteiger charge is 2.47. The minimum absolute atomic E-state index is 0.0514. The number of benzene rings is 1. The van der Waals surface area contributed by atoms with Gasteiger partial charge in [-0.3, -0.25) is 19.2 Å². The zero-order chi connectivity index (χ0) is 25.2. The molecule has 1 aromatic carbocycles. The highest BCUT2D eigenvalue weighted by atomic mass is 16.6. The van der Waals surface area contributed by atoms with Crippen molar-refractivity contribution in [3.8, 4) is 0 Å². The molecule has 0 spiro atoms. The standard InChI is InChI=1S/C20H24N2O11/c1-32-18(29)13(7-11-5-3-2-4-6-11)22-17(28)12(21)8-16(27)33-20(19(30)31,9-14(23)24)10-15(25)26/h2-6,12-13H,7-10,21H2,1H3,(H,22,28)(H,23,24)(H,25,26)(H,30,31). The predicted octanol–water partition coefficient (Wildman–Crippen LogP) is -1.08. The van der Waals surface area contributed by atoms with Gasteiger partial charge in [0.15, 0.2) is 0 Å². The Balaban J connectivity index is 2.89. The molecule has 0 saturated carbocycles. The smallest absolute Gasteiger partial charge is 0.349 e. The normalized spacial score (nSPS) is 12.7. The van der Waals surface area contributed by atoms with Crippen molar-refractivity contribution in [2.24, 2.45) is 5.73 Å².